The lowest BCUT2D eigenvalue weighted by molar-refractivity contribution is 0.0952. The molecular formula is C17H22N2O5. The van der Waals surface area contributed by atoms with Gasteiger partial charge in [-0.3, -0.25) is 9.36 Å². The molecule has 2 heterocycles. The van der Waals surface area contributed by atoms with Crippen LogP contribution in [0.1, 0.15) is 26.7 Å². The van der Waals surface area contributed by atoms with Crippen molar-refractivity contribution in [3.8, 4) is 11.5 Å². The van der Waals surface area contributed by atoms with Crippen molar-refractivity contribution in [1.82, 2.24) is 9.55 Å². The van der Waals surface area contributed by atoms with Crippen molar-refractivity contribution in [2.24, 2.45) is 0 Å². The number of aromatic amines is 1. The maximum absolute atomic E-state index is 12.8. The lowest BCUT2D eigenvalue weighted by atomic mass is 10.2. The second kappa shape index (κ2) is 7.09. The van der Waals surface area contributed by atoms with Gasteiger partial charge in [-0.1, -0.05) is 0 Å². The van der Waals surface area contributed by atoms with E-state index in [4.69, 9.17) is 14.2 Å². The van der Waals surface area contributed by atoms with Gasteiger partial charge in [0.2, 0.25) is 0 Å². The van der Waals surface area contributed by atoms with E-state index in [1.807, 2.05) is 13.8 Å². The van der Waals surface area contributed by atoms with Crippen LogP contribution < -0.4 is 20.7 Å². The summed E-state index contributed by atoms with van der Waals surface area (Å²) in [7, 11) is 0. The summed E-state index contributed by atoms with van der Waals surface area (Å²) in [6, 6.07) is 3.27. The number of rotatable bonds is 6. The normalized spacial score (nSPS) is 17.3. The first-order valence-corrected chi connectivity index (χ1v) is 8.32. The largest absolute Gasteiger partial charge is 0.490 e. The predicted molar refractivity (Wildman–Crippen MR) is 90.1 cm³/mol. The number of aromatic nitrogens is 2. The van der Waals surface area contributed by atoms with Crippen LogP contribution >= 0.6 is 0 Å². The van der Waals surface area contributed by atoms with Gasteiger partial charge in [-0.05, 0) is 32.8 Å². The maximum Gasteiger partial charge on any atom is 0.328 e. The molecule has 1 fully saturated rings. The zero-order chi connectivity index (χ0) is 17.1. The third-order valence-electron chi connectivity index (χ3n) is 4.06. The summed E-state index contributed by atoms with van der Waals surface area (Å²) in [5.41, 5.74) is -0.330. The molecule has 0 spiro atoms. The SMILES string of the molecule is CCOc1cc2[nH]c(=O)n(CC3CCCO3)c(=O)c2cc1OCC. The molecule has 1 aliphatic heterocycles. The Morgan fingerprint density at radius 2 is 1.92 bits per heavy atom. The highest BCUT2D eigenvalue weighted by Gasteiger charge is 2.19. The van der Waals surface area contributed by atoms with Gasteiger partial charge in [0.1, 0.15) is 0 Å². The van der Waals surface area contributed by atoms with Gasteiger partial charge in [0.15, 0.2) is 11.5 Å². The van der Waals surface area contributed by atoms with Crippen LogP contribution in [0, 0.1) is 0 Å². The van der Waals surface area contributed by atoms with Crippen LogP contribution in [-0.4, -0.2) is 35.5 Å². The first-order valence-electron chi connectivity index (χ1n) is 8.32. The summed E-state index contributed by atoms with van der Waals surface area (Å²) >= 11 is 0. The number of hydrogen-bond acceptors (Lipinski definition) is 5. The van der Waals surface area contributed by atoms with Crippen LogP contribution in [-0.2, 0) is 11.3 Å². The van der Waals surface area contributed by atoms with Crippen LogP contribution in [0.3, 0.4) is 0 Å². The second-order valence-electron chi connectivity index (χ2n) is 5.69. The molecule has 1 N–H and O–H groups in total. The number of nitrogens with one attached hydrogen (secondary N) is 1. The van der Waals surface area contributed by atoms with Crippen molar-refractivity contribution in [1.29, 1.82) is 0 Å². The van der Waals surface area contributed by atoms with Crippen LogP contribution in [0.2, 0.25) is 0 Å². The molecule has 2 aromatic rings. The minimum atomic E-state index is -0.436. The monoisotopic (exact) mass is 334 g/mol. The highest BCUT2D eigenvalue weighted by Crippen LogP contribution is 2.30. The number of fused-ring (bicyclic) bond motifs is 1. The van der Waals surface area contributed by atoms with Crippen molar-refractivity contribution in [3.05, 3.63) is 33.0 Å². The topological polar surface area (TPSA) is 82.5 Å². The summed E-state index contributed by atoms with van der Waals surface area (Å²) in [5, 5.41) is 0.402. The van der Waals surface area contributed by atoms with Gasteiger partial charge < -0.3 is 19.2 Å². The third-order valence-corrected chi connectivity index (χ3v) is 4.06. The molecule has 130 valence electrons. The predicted octanol–water partition coefficient (Wildman–Crippen LogP) is 1.67. The lowest BCUT2D eigenvalue weighted by Gasteiger charge is -2.14. The van der Waals surface area contributed by atoms with Gasteiger partial charge in [0, 0.05) is 12.7 Å². The van der Waals surface area contributed by atoms with Crippen molar-refractivity contribution >= 4 is 10.9 Å². The summed E-state index contributed by atoms with van der Waals surface area (Å²) < 4.78 is 17.8. The summed E-state index contributed by atoms with van der Waals surface area (Å²) in [4.78, 5) is 27.8. The Kier molecular flexibility index (Phi) is 4.89. The van der Waals surface area contributed by atoms with Crippen LogP contribution in [0.15, 0.2) is 21.7 Å². The first-order chi connectivity index (χ1) is 11.6. The molecule has 3 rings (SSSR count). The molecule has 1 atom stereocenters. The quantitative estimate of drug-likeness (QED) is 0.869. The fourth-order valence-corrected chi connectivity index (χ4v) is 2.96. The standard InChI is InChI=1S/C17H22N2O5/c1-3-22-14-8-12-13(9-15(14)23-4-2)18-17(21)19(16(12)20)10-11-6-5-7-24-11/h8-9,11H,3-7,10H2,1-2H3,(H,18,21). The fourth-order valence-electron chi connectivity index (χ4n) is 2.96. The Labute approximate surface area is 139 Å². The molecule has 1 aromatic heterocycles. The molecule has 0 radical (unpaired) electrons. The average Bonchev–Trinajstić information content (AvgIpc) is 3.06. The zero-order valence-corrected chi connectivity index (χ0v) is 14.0. The summed E-state index contributed by atoms with van der Waals surface area (Å²) in [5.74, 6) is 1.01. The molecule has 7 heteroatoms. The maximum atomic E-state index is 12.8. The van der Waals surface area contributed by atoms with Crippen LogP contribution in [0.5, 0.6) is 11.5 Å². The molecule has 1 unspecified atom stereocenters. The van der Waals surface area contributed by atoms with E-state index in [0.717, 1.165) is 12.8 Å². The number of nitrogens with zero attached hydrogens (tertiary/aromatic N) is 1. The van der Waals surface area contributed by atoms with E-state index < -0.39 is 5.69 Å². The average molecular weight is 334 g/mol. The van der Waals surface area contributed by atoms with E-state index in [9.17, 15) is 9.59 Å². The van der Waals surface area contributed by atoms with Gasteiger partial charge in [0.25, 0.3) is 5.56 Å². The van der Waals surface area contributed by atoms with Gasteiger partial charge in [-0.25, -0.2) is 4.79 Å². The summed E-state index contributed by atoms with van der Waals surface area (Å²) in [6.07, 6.45) is 1.73. The van der Waals surface area contributed by atoms with Gasteiger partial charge in [0.05, 0.1) is 36.8 Å². The van der Waals surface area contributed by atoms with Crippen molar-refractivity contribution < 1.29 is 14.2 Å². The van der Waals surface area contributed by atoms with E-state index in [-0.39, 0.29) is 18.2 Å². The second-order valence-corrected chi connectivity index (χ2v) is 5.69. The molecule has 0 aliphatic carbocycles. The van der Waals surface area contributed by atoms with Crippen molar-refractivity contribution in [2.45, 2.75) is 39.3 Å². The highest BCUT2D eigenvalue weighted by atomic mass is 16.5. The van der Waals surface area contributed by atoms with E-state index >= 15 is 0 Å². The van der Waals surface area contributed by atoms with E-state index in [2.05, 4.69) is 4.98 Å². The number of H-pyrrole nitrogens is 1. The molecule has 0 amide bonds. The molecule has 1 aliphatic rings. The molecule has 1 saturated heterocycles. The zero-order valence-electron chi connectivity index (χ0n) is 14.0. The molecule has 24 heavy (non-hydrogen) atoms. The number of hydrogen-bond donors (Lipinski definition) is 1. The Morgan fingerprint density at radius 1 is 1.21 bits per heavy atom. The van der Waals surface area contributed by atoms with Crippen molar-refractivity contribution in [2.75, 3.05) is 19.8 Å². The Bertz CT molecular complexity index is 833. The van der Waals surface area contributed by atoms with Gasteiger partial charge in [-0.15, -0.1) is 0 Å². The molecule has 0 bridgehead atoms. The summed E-state index contributed by atoms with van der Waals surface area (Å²) in [6.45, 7) is 5.59. The molecular weight excluding hydrogens is 312 g/mol. The van der Waals surface area contributed by atoms with E-state index in [1.165, 1.54) is 4.57 Å². The van der Waals surface area contributed by atoms with Crippen molar-refractivity contribution in [3.63, 3.8) is 0 Å². The first kappa shape index (κ1) is 16.6. The van der Waals surface area contributed by atoms with E-state index in [0.29, 0.717) is 42.2 Å². The molecule has 0 saturated carbocycles. The third kappa shape index (κ3) is 3.17. The Hall–Kier alpha value is -2.28. The fraction of sp³-hybridized carbons (Fsp3) is 0.529. The number of ether oxygens (including phenoxy) is 3. The molecule has 7 nitrogen and oxygen atoms in total. The Balaban J connectivity index is 2.10. The smallest absolute Gasteiger partial charge is 0.328 e. The van der Waals surface area contributed by atoms with Crippen LogP contribution in [0.4, 0.5) is 0 Å². The lowest BCUT2D eigenvalue weighted by Crippen LogP contribution is -2.38. The highest BCUT2D eigenvalue weighted by molar-refractivity contribution is 5.81. The van der Waals surface area contributed by atoms with E-state index in [1.54, 1.807) is 12.1 Å². The van der Waals surface area contributed by atoms with Crippen LogP contribution in [0.25, 0.3) is 10.9 Å². The van der Waals surface area contributed by atoms with Gasteiger partial charge in [-0.2, -0.15) is 0 Å². The number of benzene rings is 1. The minimum absolute atomic E-state index is 0.0877. The molecule has 1 aromatic carbocycles. The van der Waals surface area contributed by atoms with Gasteiger partial charge >= 0.3 is 5.69 Å². The minimum Gasteiger partial charge on any atom is -0.490 e. The Morgan fingerprint density at radius 3 is 2.54 bits per heavy atom.